The highest BCUT2D eigenvalue weighted by atomic mass is 35.5. The van der Waals surface area contributed by atoms with Gasteiger partial charge in [0.25, 0.3) is 0 Å². The lowest BCUT2D eigenvalue weighted by Gasteiger charge is -2.32. The van der Waals surface area contributed by atoms with E-state index >= 15 is 0 Å². The first-order chi connectivity index (χ1) is 16.1. The molecule has 33 heavy (non-hydrogen) atoms. The van der Waals surface area contributed by atoms with Crippen LogP contribution in [0.15, 0.2) is 36.5 Å². The number of rotatable bonds is 5. The molecule has 2 fully saturated rings. The summed E-state index contributed by atoms with van der Waals surface area (Å²) in [4.78, 5) is 16.5. The minimum absolute atomic E-state index is 0.394. The fraction of sp³-hybridized carbons (Fsp3) is 0.500. The van der Waals surface area contributed by atoms with Gasteiger partial charge in [0, 0.05) is 59.2 Å². The van der Waals surface area contributed by atoms with Gasteiger partial charge in [-0.05, 0) is 69.7 Å². The predicted molar refractivity (Wildman–Crippen MR) is 137 cm³/mol. The van der Waals surface area contributed by atoms with Gasteiger partial charge in [-0.2, -0.15) is 4.98 Å². The maximum Gasteiger partial charge on any atom is 0.227 e. The van der Waals surface area contributed by atoms with E-state index in [1.807, 2.05) is 18.3 Å². The summed E-state index contributed by atoms with van der Waals surface area (Å²) in [6.45, 7) is 4.19. The van der Waals surface area contributed by atoms with Crippen LogP contribution in [0.1, 0.15) is 57.1 Å². The normalized spacial score (nSPS) is 21.6. The highest BCUT2D eigenvalue weighted by molar-refractivity contribution is 6.31. The third-order valence-corrected chi connectivity index (χ3v) is 7.06. The fourth-order valence-electron chi connectivity index (χ4n) is 5.17. The largest absolute Gasteiger partial charge is 0.382 e. The fourth-order valence-corrected chi connectivity index (χ4v) is 5.33. The Balaban J connectivity index is 1.27. The van der Waals surface area contributed by atoms with Gasteiger partial charge in [0.1, 0.15) is 5.82 Å². The van der Waals surface area contributed by atoms with E-state index in [0.29, 0.717) is 17.1 Å². The number of pyridine rings is 1. The minimum Gasteiger partial charge on any atom is -0.382 e. The first-order valence-electron chi connectivity index (χ1n) is 12.3. The third kappa shape index (κ3) is 5.49. The molecule has 1 aromatic carbocycles. The zero-order valence-electron chi connectivity index (χ0n) is 19.4. The molecule has 2 aromatic heterocycles. The van der Waals surface area contributed by atoms with Crippen LogP contribution in [0.4, 0.5) is 17.5 Å². The van der Waals surface area contributed by atoms with Crippen molar-refractivity contribution < 1.29 is 0 Å². The van der Waals surface area contributed by atoms with Crippen molar-refractivity contribution in [3.05, 3.63) is 47.2 Å². The molecule has 0 unspecified atom stereocenters. The zero-order chi connectivity index (χ0) is 22.6. The maximum absolute atomic E-state index is 6.16. The summed E-state index contributed by atoms with van der Waals surface area (Å²) >= 11 is 6.16. The molecule has 1 saturated heterocycles. The van der Waals surface area contributed by atoms with Gasteiger partial charge < -0.3 is 15.5 Å². The second kappa shape index (κ2) is 10.1. The van der Waals surface area contributed by atoms with Crippen molar-refractivity contribution in [2.45, 2.75) is 70.4 Å². The summed E-state index contributed by atoms with van der Waals surface area (Å²) in [5.74, 6) is 1.84. The Morgan fingerprint density at radius 2 is 1.70 bits per heavy atom. The van der Waals surface area contributed by atoms with E-state index in [1.54, 1.807) is 0 Å². The quantitative estimate of drug-likeness (QED) is 0.468. The molecule has 6 nitrogen and oxygen atoms in total. The van der Waals surface area contributed by atoms with Crippen molar-refractivity contribution in [1.29, 1.82) is 0 Å². The average Bonchev–Trinajstić information content (AvgIpc) is 3.09. The Hall–Kier alpha value is -2.60. The number of aromatic nitrogens is 3. The summed E-state index contributed by atoms with van der Waals surface area (Å²) in [6.07, 6.45) is 11.5. The number of nitrogens with zero attached hydrogens (tertiary/aromatic N) is 4. The van der Waals surface area contributed by atoms with Crippen LogP contribution >= 0.6 is 11.6 Å². The van der Waals surface area contributed by atoms with Crippen molar-refractivity contribution in [2.24, 2.45) is 0 Å². The van der Waals surface area contributed by atoms with Crippen molar-refractivity contribution in [3.8, 4) is 0 Å². The molecular formula is C26H33ClN6. The second-order valence-electron chi connectivity index (χ2n) is 9.46. The number of hydrogen-bond donors (Lipinski definition) is 2. The molecule has 1 saturated carbocycles. The first kappa shape index (κ1) is 22.2. The Morgan fingerprint density at radius 1 is 0.909 bits per heavy atom. The van der Waals surface area contributed by atoms with E-state index in [-0.39, 0.29) is 0 Å². The third-order valence-electron chi connectivity index (χ3n) is 6.82. The highest BCUT2D eigenvalue weighted by Gasteiger charge is 2.23. The topological polar surface area (TPSA) is 66.0 Å². The van der Waals surface area contributed by atoms with Crippen LogP contribution in [0.5, 0.6) is 0 Å². The van der Waals surface area contributed by atoms with E-state index in [1.165, 1.54) is 32.1 Å². The molecule has 2 atom stereocenters. The van der Waals surface area contributed by atoms with Crippen LogP contribution < -0.4 is 15.5 Å². The molecule has 2 aliphatic rings. The number of nitrogens with one attached hydrogen (secondary N) is 2. The molecule has 3 aromatic rings. The van der Waals surface area contributed by atoms with Crippen molar-refractivity contribution >= 4 is 40.0 Å². The van der Waals surface area contributed by atoms with Crippen LogP contribution in [-0.4, -0.2) is 40.1 Å². The molecule has 3 heterocycles. The van der Waals surface area contributed by atoms with E-state index in [2.05, 4.69) is 45.6 Å². The smallest absolute Gasteiger partial charge is 0.227 e. The van der Waals surface area contributed by atoms with Gasteiger partial charge in [0.15, 0.2) is 0 Å². The Kier molecular flexibility index (Phi) is 6.81. The average molecular weight is 465 g/mol. The lowest BCUT2D eigenvalue weighted by molar-refractivity contribution is 0.427. The van der Waals surface area contributed by atoms with Gasteiger partial charge >= 0.3 is 0 Å². The van der Waals surface area contributed by atoms with Crippen LogP contribution in [0, 0.1) is 6.92 Å². The molecule has 5 rings (SSSR count). The van der Waals surface area contributed by atoms with Crippen molar-refractivity contribution in [1.82, 2.24) is 15.0 Å². The van der Waals surface area contributed by atoms with Crippen molar-refractivity contribution in [2.75, 3.05) is 28.6 Å². The lowest BCUT2D eigenvalue weighted by Crippen LogP contribution is -2.35. The van der Waals surface area contributed by atoms with Gasteiger partial charge in [-0.1, -0.05) is 24.4 Å². The van der Waals surface area contributed by atoms with E-state index in [4.69, 9.17) is 21.6 Å². The predicted octanol–water partition coefficient (Wildman–Crippen LogP) is 6.20. The maximum atomic E-state index is 6.16. The van der Waals surface area contributed by atoms with Crippen LogP contribution in [0.2, 0.25) is 5.02 Å². The Bertz CT molecular complexity index is 1100. The summed E-state index contributed by atoms with van der Waals surface area (Å²) in [7, 11) is 0. The highest BCUT2D eigenvalue weighted by Crippen LogP contribution is 2.29. The molecule has 0 amide bonds. The minimum atomic E-state index is 0.394. The number of hydrogen-bond acceptors (Lipinski definition) is 6. The zero-order valence-corrected chi connectivity index (χ0v) is 20.1. The lowest BCUT2D eigenvalue weighted by atomic mass is 9.90. The number of halogens is 1. The molecular weight excluding hydrogens is 432 g/mol. The van der Waals surface area contributed by atoms with Gasteiger partial charge in [0.2, 0.25) is 5.95 Å². The summed E-state index contributed by atoms with van der Waals surface area (Å²) in [5, 5.41) is 9.34. The molecule has 0 bridgehead atoms. The summed E-state index contributed by atoms with van der Waals surface area (Å²) < 4.78 is 0. The number of fused-ring (bicyclic) bond motifs is 1. The molecule has 174 valence electrons. The SMILES string of the molecule is Cc1cc(N[C@@H]2CCC[C@H](Nc3ccnc4cc(Cl)ccc34)C2)nc(N2CCCCCC2)n1. The van der Waals surface area contributed by atoms with E-state index in [9.17, 15) is 0 Å². The molecule has 1 aliphatic heterocycles. The van der Waals surface area contributed by atoms with E-state index < -0.39 is 0 Å². The van der Waals surface area contributed by atoms with Crippen molar-refractivity contribution in [3.63, 3.8) is 0 Å². The summed E-state index contributed by atoms with van der Waals surface area (Å²) in [6, 6.07) is 10.9. The molecule has 1 aliphatic carbocycles. The molecule has 2 N–H and O–H groups in total. The second-order valence-corrected chi connectivity index (χ2v) is 9.90. The van der Waals surface area contributed by atoms with Gasteiger partial charge in [-0.15, -0.1) is 0 Å². The monoisotopic (exact) mass is 464 g/mol. The van der Waals surface area contributed by atoms with Crippen LogP contribution in [0.25, 0.3) is 10.9 Å². The van der Waals surface area contributed by atoms with Crippen LogP contribution in [-0.2, 0) is 0 Å². The molecule has 0 spiro atoms. The van der Waals surface area contributed by atoms with Gasteiger partial charge in [-0.25, -0.2) is 4.98 Å². The Morgan fingerprint density at radius 3 is 2.52 bits per heavy atom. The molecule has 7 heteroatoms. The first-order valence-corrected chi connectivity index (χ1v) is 12.7. The number of anilines is 3. The van der Waals surface area contributed by atoms with Gasteiger partial charge in [-0.3, -0.25) is 4.98 Å². The number of aryl methyl sites for hydroxylation is 1. The standard InChI is InChI=1S/C26H33ClN6/c1-18-15-25(32-26(29-18)33-13-4-2-3-5-14-33)31-21-8-6-7-20(17-21)30-23-11-12-28-24-16-19(27)9-10-22(23)24/h9-12,15-16,20-21H,2-8,13-14,17H2,1H3,(H,28,30)(H,29,31,32)/t20-,21+/m0/s1. The van der Waals surface area contributed by atoms with Gasteiger partial charge in [0.05, 0.1) is 5.52 Å². The molecule has 0 radical (unpaired) electrons. The Labute approximate surface area is 201 Å². The number of benzene rings is 1. The van der Waals surface area contributed by atoms with Crippen LogP contribution in [0.3, 0.4) is 0 Å². The van der Waals surface area contributed by atoms with E-state index in [0.717, 1.165) is 66.4 Å². The summed E-state index contributed by atoms with van der Waals surface area (Å²) in [5.41, 5.74) is 3.08.